The number of nitrogens with zero attached hydrogens (tertiary/aromatic N) is 4. The van der Waals surface area contributed by atoms with Gasteiger partial charge in [0.15, 0.2) is 0 Å². The van der Waals surface area contributed by atoms with Crippen molar-refractivity contribution >= 4 is 40.1 Å². The lowest BCUT2D eigenvalue weighted by molar-refractivity contribution is 0.0461. The van der Waals surface area contributed by atoms with E-state index in [-0.39, 0.29) is 17.4 Å². The van der Waals surface area contributed by atoms with E-state index in [1.807, 2.05) is 24.0 Å². The number of hydrogen-bond donors (Lipinski definition) is 2. The highest BCUT2D eigenvalue weighted by Crippen LogP contribution is 2.36. The summed E-state index contributed by atoms with van der Waals surface area (Å²) in [6.07, 6.45) is 4.48. The van der Waals surface area contributed by atoms with E-state index >= 15 is 0 Å². The minimum Gasteiger partial charge on any atom is -0.497 e. The number of nitrogens with one attached hydrogen (secondary N) is 1. The van der Waals surface area contributed by atoms with Crippen molar-refractivity contribution in [2.75, 3.05) is 82.6 Å². The van der Waals surface area contributed by atoms with Crippen molar-refractivity contribution in [3.63, 3.8) is 0 Å². The first kappa shape index (κ1) is 38.6. The average molecular weight is 745 g/mol. The molecular weight excluding hydrogens is 689 g/mol. The van der Waals surface area contributed by atoms with Gasteiger partial charge in [-0.2, -0.15) is 0 Å². The number of H-pyrrole nitrogens is 1. The molecule has 0 spiro atoms. The molecule has 2 saturated heterocycles. The number of nitrogen functional groups attached to an aromatic ring is 1. The zero-order valence-corrected chi connectivity index (χ0v) is 32.6. The molecule has 3 heterocycles. The highest BCUT2D eigenvalue weighted by atomic mass is 32.2. The van der Waals surface area contributed by atoms with Gasteiger partial charge in [-0.3, -0.25) is 4.79 Å². The molecule has 0 bridgehead atoms. The summed E-state index contributed by atoms with van der Waals surface area (Å²) in [6.45, 7) is 14.1. The Morgan fingerprint density at radius 3 is 2.43 bits per heavy atom. The van der Waals surface area contributed by atoms with Gasteiger partial charge in [0.2, 0.25) is 0 Å². The molecule has 2 fully saturated rings. The lowest BCUT2D eigenvalue weighted by Gasteiger charge is -2.35. The van der Waals surface area contributed by atoms with Gasteiger partial charge in [0.1, 0.15) is 28.5 Å². The number of thioether (sulfide) groups is 1. The van der Waals surface area contributed by atoms with Gasteiger partial charge in [0, 0.05) is 56.6 Å². The largest absolute Gasteiger partial charge is 0.497 e. The number of aromatic nitrogens is 2. The van der Waals surface area contributed by atoms with Crippen molar-refractivity contribution < 1.29 is 23.7 Å². The number of anilines is 2. The quantitative estimate of drug-likeness (QED) is 0.0610. The van der Waals surface area contributed by atoms with E-state index in [4.69, 9.17) is 29.7 Å². The van der Waals surface area contributed by atoms with Crippen molar-refractivity contribution in [1.82, 2.24) is 19.8 Å². The maximum absolute atomic E-state index is 13.8. The highest BCUT2D eigenvalue weighted by molar-refractivity contribution is 7.99. The minimum atomic E-state index is -0.108. The number of likely N-dealkylation sites (N-methyl/N-ethyl adjacent to an activating group) is 1. The molecule has 1 unspecified atom stereocenters. The zero-order chi connectivity index (χ0) is 37.2. The number of imidazole rings is 1. The molecule has 4 aromatic rings. The molecule has 1 aromatic heterocycles. The minimum absolute atomic E-state index is 0.00467. The monoisotopic (exact) mass is 744 g/mol. The van der Waals surface area contributed by atoms with Gasteiger partial charge >= 0.3 is 0 Å². The summed E-state index contributed by atoms with van der Waals surface area (Å²) >= 11 is 1.74. The number of hydrogen-bond acceptors (Lipinski definition) is 10. The number of amides is 1. The summed E-state index contributed by atoms with van der Waals surface area (Å²) < 4.78 is 23.7. The molecule has 286 valence electrons. The summed E-state index contributed by atoms with van der Waals surface area (Å²) in [7, 11) is 1.59. The van der Waals surface area contributed by atoms with Crippen LogP contribution < -0.4 is 24.8 Å². The second-order valence-electron chi connectivity index (χ2n) is 13.6. The number of methoxy groups -OCH3 is 1. The molecule has 0 radical (unpaired) electrons. The second kappa shape index (κ2) is 18.8. The van der Waals surface area contributed by atoms with Gasteiger partial charge < -0.3 is 44.4 Å². The molecule has 3 N–H and O–H groups in total. The second-order valence-corrected chi connectivity index (χ2v) is 14.9. The SMILES string of the molecule is CCOC(SCC)[C@@H]1CCCN1C(=O)c1cc(OC)cc(OCCCCCOc2ccc(-c3nc4ccc(N5CCN(CC)CC5)cc4[nH]3)cc2)c1N. The smallest absolute Gasteiger partial charge is 0.256 e. The van der Waals surface area contributed by atoms with E-state index in [1.54, 1.807) is 31.0 Å². The van der Waals surface area contributed by atoms with Crippen molar-refractivity contribution in [1.29, 1.82) is 0 Å². The Bertz CT molecular complexity index is 1770. The molecule has 53 heavy (non-hydrogen) atoms. The number of rotatable bonds is 18. The number of carbonyl (C=O) groups excluding carboxylic acids is 1. The number of aromatic amines is 1. The van der Waals surface area contributed by atoms with Crippen LogP contribution in [0.4, 0.5) is 11.4 Å². The van der Waals surface area contributed by atoms with E-state index in [9.17, 15) is 4.79 Å². The number of unbranched alkanes of at least 4 members (excludes halogenated alkanes) is 2. The lowest BCUT2D eigenvalue weighted by atomic mass is 10.1. The summed E-state index contributed by atoms with van der Waals surface area (Å²) in [4.78, 5) is 29.1. The van der Waals surface area contributed by atoms with Crippen LogP contribution in [0.15, 0.2) is 54.6 Å². The van der Waals surface area contributed by atoms with Gasteiger partial charge in [-0.15, -0.1) is 11.8 Å². The molecule has 11 nitrogen and oxygen atoms in total. The number of fused-ring (bicyclic) bond motifs is 1. The molecule has 12 heteroatoms. The number of benzene rings is 3. The molecule has 0 aliphatic carbocycles. The number of ether oxygens (including phenoxy) is 4. The number of likely N-dealkylation sites (tertiary alicyclic amines) is 1. The Morgan fingerprint density at radius 1 is 0.943 bits per heavy atom. The first-order valence-corrected chi connectivity index (χ1v) is 20.3. The zero-order valence-electron chi connectivity index (χ0n) is 31.8. The first-order valence-electron chi connectivity index (χ1n) is 19.3. The van der Waals surface area contributed by atoms with E-state index < -0.39 is 0 Å². The third-order valence-electron chi connectivity index (χ3n) is 10.2. The summed E-state index contributed by atoms with van der Waals surface area (Å²) in [5.74, 6) is 3.52. The molecule has 1 amide bonds. The van der Waals surface area contributed by atoms with Gasteiger partial charge in [-0.1, -0.05) is 13.8 Å². The molecule has 2 aliphatic rings. The van der Waals surface area contributed by atoms with Crippen molar-refractivity contribution in [2.45, 2.75) is 64.4 Å². The maximum Gasteiger partial charge on any atom is 0.256 e. The number of piperazine rings is 1. The fourth-order valence-electron chi connectivity index (χ4n) is 7.21. The standard InChI is InChI=1S/C41H56N6O5S/c1-5-45-20-22-46(23-21-45)30-15-18-34-35(26-30)44-39(43-34)29-13-16-31(17-14-29)51-24-9-8-10-25-52-37-28-32(49-4)27-33(38(37)42)40(48)47-19-11-12-36(47)41(50-6-2)53-7-3/h13-18,26-28,36,41H,5-12,19-25,42H2,1-4H3,(H,43,44)/t36-,41?/m0/s1. The predicted octanol–water partition coefficient (Wildman–Crippen LogP) is 7.31. The predicted molar refractivity (Wildman–Crippen MR) is 216 cm³/mol. The molecule has 0 saturated carbocycles. The van der Waals surface area contributed by atoms with Crippen LogP contribution in [0.2, 0.25) is 0 Å². The van der Waals surface area contributed by atoms with Crippen LogP contribution in [0.25, 0.3) is 22.4 Å². The molecular formula is C41H56N6O5S. The van der Waals surface area contributed by atoms with Crippen molar-refractivity contribution in [3.05, 3.63) is 60.2 Å². The third-order valence-corrected chi connectivity index (χ3v) is 11.3. The van der Waals surface area contributed by atoms with Crippen LogP contribution in [0, 0.1) is 0 Å². The van der Waals surface area contributed by atoms with E-state index in [2.05, 4.69) is 59.0 Å². The van der Waals surface area contributed by atoms with Crippen molar-refractivity contribution in [3.8, 4) is 28.6 Å². The van der Waals surface area contributed by atoms with E-state index in [1.165, 1.54) is 5.69 Å². The summed E-state index contributed by atoms with van der Waals surface area (Å²) in [5.41, 5.74) is 11.5. The van der Waals surface area contributed by atoms with Crippen LogP contribution in [0.1, 0.15) is 63.2 Å². The van der Waals surface area contributed by atoms with Crippen LogP contribution in [-0.4, -0.2) is 109 Å². The average Bonchev–Trinajstić information content (AvgIpc) is 3.86. The van der Waals surface area contributed by atoms with Crippen LogP contribution in [-0.2, 0) is 4.74 Å². The number of nitrogens with two attached hydrogens (primary N) is 1. The topological polar surface area (TPSA) is 118 Å². The fourth-order valence-corrected chi connectivity index (χ4v) is 8.28. The van der Waals surface area contributed by atoms with Gasteiger partial charge in [0.05, 0.1) is 48.6 Å². The van der Waals surface area contributed by atoms with Gasteiger partial charge in [-0.05, 0) is 99.9 Å². The van der Waals surface area contributed by atoms with Crippen molar-refractivity contribution in [2.24, 2.45) is 0 Å². The lowest BCUT2D eigenvalue weighted by Crippen LogP contribution is -2.46. The Hall–Kier alpha value is -4.13. The van der Waals surface area contributed by atoms with E-state index in [0.717, 1.165) is 98.8 Å². The Kier molecular flexibility index (Phi) is 13.7. The molecule has 2 aliphatic heterocycles. The Balaban J connectivity index is 0.958. The molecule has 6 rings (SSSR count). The maximum atomic E-state index is 13.8. The van der Waals surface area contributed by atoms with Gasteiger partial charge in [0.25, 0.3) is 5.91 Å². The summed E-state index contributed by atoms with van der Waals surface area (Å²) in [5, 5.41) is 0. The van der Waals surface area contributed by atoms with Crippen LogP contribution in [0.3, 0.4) is 0 Å². The Labute approximate surface area is 318 Å². The Morgan fingerprint density at radius 2 is 1.72 bits per heavy atom. The van der Waals surface area contributed by atoms with E-state index in [0.29, 0.717) is 49.1 Å². The van der Waals surface area contributed by atoms with Crippen LogP contribution >= 0.6 is 11.8 Å². The first-order chi connectivity index (χ1) is 25.9. The van der Waals surface area contributed by atoms with Gasteiger partial charge in [-0.25, -0.2) is 4.98 Å². The highest BCUT2D eigenvalue weighted by Gasteiger charge is 2.37. The summed E-state index contributed by atoms with van der Waals surface area (Å²) in [6, 6.07) is 18.1. The molecule has 3 aromatic carbocycles. The third kappa shape index (κ3) is 9.52. The molecule has 2 atom stereocenters. The van der Waals surface area contributed by atoms with Crippen LogP contribution in [0.5, 0.6) is 17.2 Å². The number of carbonyl (C=O) groups is 1. The normalized spacial score (nSPS) is 17.0. The fraction of sp³-hybridized carbons (Fsp3) is 0.512.